The van der Waals surface area contributed by atoms with Crippen LogP contribution in [-0.2, 0) is 7.05 Å². The van der Waals surface area contributed by atoms with Gasteiger partial charge in [-0.05, 0) is 39.0 Å². The van der Waals surface area contributed by atoms with Gasteiger partial charge in [0.1, 0.15) is 11.9 Å². The van der Waals surface area contributed by atoms with E-state index >= 15 is 0 Å². The molecule has 0 bridgehead atoms. The molecule has 5 nitrogen and oxygen atoms in total. The van der Waals surface area contributed by atoms with Gasteiger partial charge in [-0.25, -0.2) is 9.67 Å². The fourth-order valence-electron chi connectivity index (χ4n) is 2.00. The molecule has 1 atom stereocenters. The van der Waals surface area contributed by atoms with Gasteiger partial charge in [0.2, 0.25) is 0 Å². The van der Waals surface area contributed by atoms with Crippen LogP contribution in [0, 0.1) is 11.3 Å². The second-order valence-corrected chi connectivity index (χ2v) is 6.40. The Hall–Kier alpha value is -1.06. The van der Waals surface area contributed by atoms with Crippen LogP contribution in [0.1, 0.15) is 39.0 Å². The highest BCUT2D eigenvalue weighted by atomic mass is 32.2. The molecule has 104 valence electrons. The molecule has 2 rings (SSSR count). The SMILES string of the molecule is Cn1ncnc1SCCCCC(C)(C#N)NC1CC1. The normalized spacial score (nSPS) is 17.9. The molecule has 1 aliphatic carbocycles. The summed E-state index contributed by atoms with van der Waals surface area (Å²) in [6.07, 6.45) is 7.10. The maximum Gasteiger partial charge on any atom is 0.185 e. The molecule has 0 saturated heterocycles. The van der Waals surface area contributed by atoms with Gasteiger partial charge in [0.15, 0.2) is 5.16 Å². The van der Waals surface area contributed by atoms with Crippen molar-refractivity contribution in [3.63, 3.8) is 0 Å². The largest absolute Gasteiger partial charge is 0.297 e. The highest BCUT2D eigenvalue weighted by Gasteiger charge is 2.31. The van der Waals surface area contributed by atoms with Crippen molar-refractivity contribution in [2.45, 2.75) is 55.8 Å². The van der Waals surface area contributed by atoms with Crippen molar-refractivity contribution in [3.8, 4) is 6.07 Å². The minimum atomic E-state index is -0.351. The number of nitrogens with one attached hydrogen (secondary N) is 1. The molecule has 0 aliphatic heterocycles. The number of thioether (sulfide) groups is 1. The van der Waals surface area contributed by atoms with E-state index in [1.165, 1.54) is 12.8 Å². The van der Waals surface area contributed by atoms with Crippen molar-refractivity contribution in [2.24, 2.45) is 7.05 Å². The van der Waals surface area contributed by atoms with Gasteiger partial charge >= 0.3 is 0 Å². The van der Waals surface area contributed by atoms with E-state index in [9.17, 15) is 5.26 Å². The Morgan fingerprint density at radius 2 is 2.37 bits per heavy atom. The van der Waals surface area contributed by atoms with Crippen molar-refractivity contribution in [3.05, 3.63) is 6.33 Å². The van der Waals surface area contributed by atoms with Crippen molar-refractivity contribution >= 4 is 11.8 Å². The standard InChI is InChI=1S/C13H21N5S/c1-13(9-14,17-11-5-6-11)7-3-4-8-19-12-15-10-16-18(12)2/h10-11,17H,3-8H2,1-2H3. The second kappa shape index (κ2) is 6.40. The first-order valence-electron chi connectivity index (χ1n) is 6.79. The van der Waals surface area contributed by atoms with Crippen molar-refractivity contribution < 1.29 is 0 Å². The molecule has 1 fully saturated rings. The highest BCUT2D eigenvalue weighted by molar-refractivity contribution is 7.99. The maximum atomic E-state index is 9.27. The Kier molecular flexibility index (Phi) is 4.83. The smallest absolute Gasteiger partial charge is 0.185 e. The molecule has 1 aromatic heterocycles. The number of nitrogens with zero attached hydrogens (tertiary/aromatic N) is 4. The van der Waals surface area contributed by atoms with E-state index in [0.29, 0.717) is 6.04 Å². The summed E-state index contributed by atoms with van der Waals surface area (Å²) in [5, 5.41) is 17.7. The lowest BCUT2D eigenvalue weighted by Crippen LogP contribution is -2.42. The zero-order valence-electron chi connectivity index (χ0n) is 11.6. The summed E-state index contributed by atoms with van der Waals surface area (Å²) in [6, 6.07) is 3.00. The third-order valence-electron chi connectivity index (χ3n) is 3.32. The molecule has 1 heterocycles. The van der Waals surface area contributed by atoms with Crippen LogP contribution in [0.2, 0.25) is 0 Å². The molecule has 1 N–H and O–H groups in total. The maximum absolute atomic E-state index is 9.27. The van der Waals surface area contributed by atoms with Crippen molar-refractivity contribution in [1.82, 2.24) is 20.1 Å². The van der Waals surface area contributed by atoms with Gasteiger partial charge in [-0.3, -0.25) is 5.32 Å². The Morgan fingerprint density at radius 1 is 1.58 bits per heavy atom. The topological polar surface area (TPSA) is 66.5 Å². The minimum Gasteiger partial charge on any atom is -0.297 e. The van der Waals surface area contributed by atoms with Crippen LogP contribution >= 0.6 is 11.8 Å². The summed E-state index contributed by atoms with van der Waals surface area (Å²) in [5.41, 5.74) is -0.351. The first-order chi connectivity index (χ1) is 9.13. The summed E-state index contributed by atoms with van der Waals surface area (Å²) in [6.45, 7) is 2.02. The summed E-state index contributed by atoms with van der Waals surface area (Å²) in [5.74, 6) is 1.03. The monoisotopic (exact) mass is 279 g/mol. The number of unbranched alkanes of at least 4 members (excludes halogenated alkanes) is 1. The van der Waals surface area contributed by atoms with Gasteiger partial charge in [-0.15, -0.1) is 0 Å². The number of hydrogen-bond acceptors (Lipinski definition) is 5. The van der Waals surface area contributed by atoms with E-state index in [2.05, 4.69) is 21.5 Å². The molecule has 19 heavy (non-hydrogen) atoms. The number of hydrogen-bond donors (Lipinski definition) is 1. The summed E-state index contributed by atoms with van der Waals surface area (Å²) < 4.78 is 1.79. The minimum absolute atomic E-state index is 0.351. The molecule has 0 aromatic carbocycles. The molecule has 0 radical (unpaired) electrons. The molecule has 6 heteroatoms. The lowest BCUT2D eigenvalue weighted by Gasteiger charge is -2.23. The van der Waals surface area contributed by atoms with Gasteiger partial charge in [0.05, 0.1) is 6.07 Å². The van der Waals surface area contributed by atoms with E-state index < -0.39 is 0 Å². The zero-order chi connectivity index (χ0) is 13.7. The fraction of sp³-hybridized carbons (Fsp3) is 0.769. The zero-order valence-corrected chi connectivity index (χ0v) is 12.4. The summed E-state index contributed by atoms with van der Waals surface area (Å²) in [7, 11) is 1.90. The lowest BCUT2D eigenvalue weighted by atomic mass is 9.96. The van der Waals surface area contributed by atoms with E-state index in [0.717, 1.165) is 30.2 Å². The van der Waals surface area contributed by atoms with Crippen LogP contribution in [0.25, 0.3) is 0 Å². The second-order valence-electron chi connectivity index (χ2n) is 5.33. The predicted molar refractivity (Wildman–Crippen MR) is 75.8 cm³/mol. The molecular weight excluding hydrogens is 258 g/mol. The third-order valence-corrected chi connectivity index (χ3v) is 4.44. The highest BCUT2D eigenvalue weighted by Crippen LogP contribution is 2.25. The van der Waals surface area contributed by atoms with Gasteiger partial charge in [0, 0.05) is 18.8 Å². The molecule has 1 aromatic rings. The quantitative estimate of drug-likeness (QED) is 0.583. The van der Waals surface area contributed by atoms with Gasteiger partial charge < -0.3 is 0 Å². The fourth-order valence-corrected chi connectivity index (χ4v) is 2.89. The number of rotatable bonds is 8. The van der Waals surface area contributed by atoms with E-state index in [1.807, 2.05) is 14.0 Å². The van der Waals surface area contributed by atoms with E-state index in [-0.39, 0.29) is 5.54 Å². The average molecular weight is 279 g/mol. The van der Waals surface area contributed by atoms with Crippen LogP contribution in [-0.4, -0.2) is 32.1 Å². The molecule has 1 unspecified atom stereocenters. The average Bonchev–Trinajstić information content (AvgIpc) is 3.11. The van der Waals surface area contributed by atoms with Gasteiger partial charge in [-0.2, -0.15) is 10.4 Å². The Balaban J connectivity index is 1.63. The molecule has 0 amide bonds. The Bertz CT molecular complexity index is 448. The number of aryl methyl sites for hydroxylation is 1. The first-order valence-corrected chi connectivity index (χ1v) is 7.77. The van der Waals surface area contributed by atoms with Crippen LogP contribution in [0.3, 0.4) is 0 Å². The van der Waals surface area contributed by atoms with Gasteiger partial charge in [-0.1, -0.05) is 11.8 Å². The van der Waals surface area contributed by atoms with E-state index in [1.54, 1.807) is 22.8 Å². The molecule has 0 spiro atoms. The van der Waals surface area contributed by atoms with Crippen LogP contribution in [0.15, 0.2) is 11.5 Å². The summed E-state index contributed by atoms with van der Waals surface area (Å²) in [4.78, 5) is 4.18. The number of nitriles is 1. The Labute approximate surface area is 118 Å². The van der Waals surface area contributed by atoms with E-state index in [4.69, 9.17) is 0 Å². The van der Waals surface area contributed by atoms with Crippen LogP contribution in [0.4, 0.5) is 0 Å². The Morgan fingerprint density at radius 3 is 2.95 bits per heavy atom. The van der Waals surface area contributed by atoms with Crippen molar-refractivity contribution in [1.29, 1.82) is 5.26 Å². The predicted octanol–water partition coefficient (Wildman–Crippen LogP) is 2.11. The van der Waals surface area contributed by atoms with Crippen LogP contribution < -0.4 is 5.32 Å². The third kappa shape index (κ3) is 4.51. The summed E-state index contributed by atoms with van der Waals surface area (Å²) >= 11 is 1.72. The molecule has 1 saturated carbocycles. The lowest BCUT2D eigenvalue weighted by molar-refractivity contribution is 0.402. The molecule has 1 aliphatic rings. The van der Waals surface area contributed by atoms with Gasteiger partial charge in [0.25, 0.3) is 0 Å². The first kappa shape index (κ1) is 14.4. The number of aromatic nitrogens is 3. The molecular formula is C13H21N5S. The van der Waals surface area contributed by atoms with Crippen LogP contribution in [0.5, 0.6) is 0 Å². The van der Waals surface area contributed by atoms with Crippen molar-refractivity contribution in [2.75, 3.05) is 5.75 Å².